The summed E-state index contributed by atoms with van der Waals surface area (Å²) in [6.45, 7) is 1.03. The van der Waals surface area contributed by atoms with Crippen LogP contribution in [0.15, 0.2) is 12.1 Å². The van der Waals surface area contributed by atoms with E-state index in [-0.39, 0.29) is 11.7 Å². The molecule has 19 heavy (non-hydrogen) atoms. The Labute approximate surface area is 109 Å². The Morgan fingerprint density at radius 1 is 1.37 bits per heavy atom. The Kier molecular flexibility index (Phi) is 4.31. The van der Waals surface area contributed by atoms with Gasteiger partial charge < -0.3 is 15.8 Å². The maximum Gasteiger partial charge on any atom is 0.251 e. The minimum Gasteiger partial charge on any atom is -0.394 e. The molecule has 2 rings (SSSR count). The van der Waals surface area contributed by atoms with Crippen molar-refractivity contribution in [1.29, 1.82) is 0 Å². The van der Waals surface area contributed by atoms with Gasteiger partial charge in [-0.2, -0.15) is 0 Å². The molecule has 1 aliphatic heterocycles. The Bertz CT molecular complexity index is 451. The first-order chi connectivity index (χ1) is 9.08. The lowest BCUT2D eigenvalue weighted by Gasteiger charge is -2.22. The van der Waals surface area contributed by atoms with Gasteiger partial charge >= 0.3 is 0 Å². The van der Waals surface area contributed by atoms with E-state index in [1.807, 2.05) is 0 Å². The van der Waals surface area contributed by atoms with E-state index in [9.17, 15) is 13.6 Å². The first-order valence-electron chi connectivity index (χ1n) is 6.22. The van der Waals surface area contributed by atoms with Crippen molar-refractivity contribution in [2.75, 3.05) is 18.9 Å². The molecule has 1 unspecified atom stereocenters. The number of halogens is 2. The van der Waals surface area contributed by atoms with Gasteiger partial charge in [-0.15, -0.1) is 0 Å². The third-order valence-electron chi connectivity index (χ3n) is 3.11. The summed E-state index contributed by atoms with van der Waals surface area (Å²) >= 11 is 0. The normalized spacial score (nSPS) is 19.2. The number of carbonyl (C=O) groups excluding carboxylic acids is 1. The molecule has 1 saturated heterocycles. The fraction of sp³-hybridized carbons (Fsp3) is 0.462. The average molecular weight is 270 g/mol. The highest BCUT2D eigenvalue weighted by molar-refractivity contribution is 5.94. The highest BCUT2D eigenvalue weighted by atomic mass is 19.1. The minimum atomic E-state index is -0.931. The number of rotatable bonds is 3. The van der Waals surface area contributed by atoms with Gasteiger partial charge in [0.2, 0.25) is 0 Å². The third-order valence-corrected chi connectivity index (χ3v) is 3.11. The van der Waals surface area contributed by atoms with Crippen LogP contribution >= 0.6 is 0 Å². The fourth-order valence-corrected chi connectivity index (χ4v) is 1.99. The lowest BCUT2D eigenvalue weighted by Crippen LogP contribution is -2.35. The number of hydrogen-bond donors (Lipinski definition) is 2. The van der Waals surface area contributed by atoms with Gasteiger partial charge in [-0.3, -0.25) is 4.79 Å². The second-order valence-electron chi connectivity index (χ2n) is 4.55. The van der Waals surface area contributed by atoms with Crippen LogP contribution in [0.3, 0.4) is 0 Å². The molecule has 0 saturated carbocycles. The molecule has 1 aliphatic rings. The van der Waals surface area contributed by atoms with Gasteiger partial charge in [-0.1, -0.05) is 0 Å². The maximum atomic E-state index is 13.2. The number of hydrogen-bond acceptors (Lipinski definition) is 3. The highest BCUT2D eigenvalue weighted by Crippen LogP contribution is 2.17. The highest BCUT2D eigenvalue weighted by Gasteiger charge is 2.17. The average Bonchev–Trinajstić information content (AvgIpc) is 2.42. The second-order valence-corrected chi connectivity index (χ2v) is 4.55. The largest absolute Gasteiger partial charge is 0.394 e. The van der Waals surface area contributed by atoms with Crippen LogP contribution in [0.1, 0.15) is 29.6 Å². The van der Waals surface area contributed by atoms with Gasteiger partial charge in [0.1, 0.15) is 17.3 Å². The predicted molar refractivity (Wildman–Crippen MR) is 66.7 cm³/mol. The van der Waals surface area contributed by atoms with Crippen molar-refractivity contribution in [2.24, 2.45) is 0 Å². The maximum absolute atomic E-state index is 13.2. The van der Waals surface area contributed by atoms with E-state index in [1.165, 1.54) is 0 Å². The summed E-state index contributed by atoms with van der Waals surface area (Å²) in [5.74, 6) is -2.40. The summed E-state index contributed by atoms with van der Waals surface area (Å²) < 4.78 is 31.9. The van der Waals surface area contributed by atoms with Crippen molar-refractivity contribution >= 4 is 11.6 Å². The number of amides is 1. The van der Waals surface area contributed by atoms with E-state index in [0.717, 1.165) is 31.4 Å². The first-order valence-corrected chi connectivity index (χ1v) is 6.22. The smallest absolute Gasteiger partial charge is 0.251 e. The molecule has 0 radical (unpaired) electrons. The summed E-state index contributed by atoms with van der Waals surface area (Å²) in [6, 6.07) is 1.85. The van der Waals surface area contributed by atoms with E-state index < -0.39 is 23.2 Å². The number of nitrogen functional groups attached to an aromatic ring is 1. The molecule has 6 heteroatoms. The minimum absolute atomic E-state index is 0.0267. The molecule has 1 heterocycles. The molecule has 0 aromatic heterocycles. The van der Waals surface area contributed by atoms with Crippen LogP contribution in [-0.4, -0.2) is 25.2 Å². The van der Waals surface area contributed by atoms with Gasteiger partial charge in [0.05, 0.1) is 6.10 Å². The number of ether oxygens (including phenoxy) is 1. The molecule has 0 bridgehead atoms. The second kappa shape index (κ2) is 5.97. The molecule has 1 aromatic rings. The number of carbonyl (C=O) groups is 1. The van der Waals surface area contributed by atoms with Gasteiger partial charge in [0.25, 0.3) is 5.91 Å². The summed E-state index contributed by atoms with van der Waals surface area (Å²) in [4.78, 5) is 11.8. The topological polar surface area (TPSA) is 64.4 Å². The van der Waals surface area contributed by atoms with Crippen LogP contribution in [0.25, 0.3) is 0 Å². The molecule has 1 amide bonds. The van der Waals surface area contributed by atoms with E-state index in [1.54, 1.807) is 0 Å². The lowest BCUT2D eigenvalue weighted by atomic mass is 10.1. The zero-order chi connectivity index (χ0) is 13.8. The lowest BCUT2D eigenvalue weighted by molar-refractivity contribution is 0.0169. The van der Waals surface area contributed by atoms with Crippen LogP contribution in [0.4, 0.5) is 14.5 Å². The van der Waals surface area contributed by atoms with Crippen LogP contribution in [-0.2, 0) is 4.74 Å². The van der Waals surface area contributed by atoms with Crippen molar-refractivity contribution in [2.45, 2.75) is 25.4 Å². The van der Waals surface area contributed by atoms with Crippen molar-refractivity contribution in [3.05, 3.63) is 29.3 Å². The van der Waals surface area contributed by atoms with E-state index in [4.69, 9.17) is 10.5 Å². The molecule has 104 valence electrons. The van der Waals surface area contributed by atoms with E-state index in [0.29, 0.717) is 13.2 Å². The zero-order valence-corrected chi connectivity index (χ0v) is 10.4. The van der Waals surface area contributed by atoms with Gasteiger partial charge in [-0.25, -0.2) is 8.78 Å². The third kappa shape index (κ3) is 3.41. The Balaban J connectivity index is 1.96. The monoisotopic (exact) mass is 270 g/mol. The van der Waals surface area contributed by atoms with Crippen LogP contribution in [0, 0.1) is 11.6 Å². The number of benzene rings is 1. The summed E-state index contributed by atoms with van der Waals surface area (Å²) in [5, 5.41) is 2.60. The quantitative estimate of drug-likeness (QED) is 0.824. The summed E-state index contributed by atoms with van der Waals surface area (Å²) in [5.41, 5.74) is 4.48. The first kappa shape index (κ1) is 13.7. The molecule has 1 fully saturated rings. The SMILES string of the molecule is Nc1c(F)cc(C(=O)NCC2CCCCO2)cc1F. The van der Waals surface area contributed by atoms with Gasteiger partial charge in [0.15, 0.2) is 0 Å². The Hall–Kier alpha value is -1.69. The van der Waals surface area contributed by atoms with Gasteiger partial charge in [0, 0.05) is 18.7 Å². The fourth-order valence-electron chi connectivity index (χ4n) is 1.99. The van der Waals surface area contributed by atoms with Crippen LogP contribution in [0.5, 0.6) is 0 Å². The number of anilines is 1. The molecule has 1 atom stereocenters. The molecular formula is C13H16F2N2O2. The zero-order valence-electron chi connectivity index (χ0n) is 10.4. The van der Waals surface area contributed by atoms with E-state index >= 15 is 0 Å². The van der Waals surface area contributed by atoms with Gasteiger partial charge in [-0.05, 0) is 31.4 Å². The molecular weight excluding hydrogens is 254 g/mol. The van der Waals surface area contributed by atoms with Crippen LogP contribution in [0.2, 0.25) is 0 Å². The molecule has 0 aliphatic carbocycles. The van der Waals surface area contributed by atoms with Crippen molar-refractivity contribution in [3.8, 4) is 0 Å². The number of nitrogens with two attached hydrogens (primary N) is 1. The van der Waals surface area contributed by atoms with Crippen LogP contribution < -0.4 is 11.1 Å². The number of nitrogens with one attached hydrogen (secondary N) is 1. The van der Waals surface area contributed by atoms with E-state index in [2.05, 4.69) is 5.32 Å². The Morgan fingerprint density at radius 3 is 2.63 bits per heavy atom. The molecule has 0 spiro atoms. The molecule has 3 N–H and O–H groups in total. The van der Waals surface area contributed by atoms with Crippen molar-refractivity contribution < 1.29 is 18.3 Å². The molecule has 4 nitrogen and oxygen atoms in total. The summed E-state index contributed by atoms with van der Waals surface area (Å²) in [6.07, 6.45) is 2.94. The molecule has 1 aromatic carbocycles. The standard InChI is InChI=1S/C13H16F2N2O2/c14-10-5-8(6-11(15)12(10)16)13(18)17-7-9-3-1-2-4-19-9/h5-6,9H,1-4,7,16H2,(H,17,18). The van der Waals surface area contributed by atoms with Crippen molar-refractivity contribution in [1.82, 2.24) is 5.32 Å². The van der Waals surface area contributed by atoms with Crippen molar-refractivity contribution in [3.63, 3.8) is 0 Å². The Morgan fingerprint density at radius 2 is 2.05 bits per heavy atom. The summed E-state index contributed by atoms with van der Waals surface area (Å²) in [7, 11) is 0. The predicted octanol–water partition coefficient (Wildman–Crippen LogP) is 1.85.